The van der Waals surface area contributed by atoms with Crippen LogP contribution in [0.1, 0.15) is 11.1 Å². The van der Waals surface area contributed by atoms with Crippen LogP contribution in [0.4, 0.5) is 17.1 Å². The van der Waals surface area contributed by atoms with Crippen molar-refractivity contribution in [3.63, 3.8) is 0 Å². The monoisotopic (exact) mass is 1310 g/mol. The van der Waals surface area contributed by atoms with Crippen molar-refractivity contribution in [2.75, 3.05) is 16.3 Å². The van der Waals surface area contributed by atoms with Gasteiger partial charge in [0.15, 0.2) is 11.2 Å². The highest BCUT2D eigenvalue weighted by Crippen LogP contribution is 2.54. The van der Waals surface area contributed by atoms with E-state index in [-0.39, 0.29) is 6.04 Å². The lowest BCUT2D eigenvalue weighted by Gasteiger charge is -2.38. The van der Waals surface area contributed by atoms with Crippen molar-refractivity contribution in [2.24, 2.45) is 0 Å². The minimum absolute atomic E-state index is 0.130. The van der Waals surface area contributed by atoms with Gasteiger partial charge in [0.2, 0.25) is 0 Å². The second-order valence-corrected chi connectivity index (χ2v) is 27.6. The van der Waals surface area contributed by atoms with Crippen LogP contribution >= 0.6 is 0 Å². The van der Waals surface area contributed by atoms with Crippen molar-refractivity contribution in [1.82, 2.24) is 9.55 Å². The number of pyridine rings is 1. The fraction of sp³-hybridized carbons (Fsp3) is 0.0206. The zero-order valence-electron chi connectivity index (χ0n) is 55.8. The fourth-order valence-electron chi connectivity index (χ4n) is 17.2. The molecule has 6 heteroatoms. The standard InChI is InChI=1S/C97H60N4O2/c1-3-20-73(21-4-1)100-86-27-12-10-24-77(86)78-40-38-68(57-89(78)100)75-23-9-8-22-74(75)60-30-32-61(33-31-60)76-41-42-81-82-56-71(59-28-34-62(35-29-59)83-25-13-14-48-98-83)58-90-91(82)92-79(80-43-46-87(99-49-15-2-16-50-99)96-94(80)93(81)95(76)103-96)44-47-88(97(92)102-90)101-84-26-11-7-19-69(84)55-72-54-66(39-45-85(72)101)65-36-37-67-51-63-17-5-6-18-64(63)52-70(67)53-65/h1-49,51-58,85H,50H2. The molecule has 19 aromatic rings. The van der Waals surface area contributed by atoms with E-state index in [9.17, 15) is 0 Å². The Morgan fingerprint density at radius 1 is 0.369 bits per heavy atom. The van der Waals surface area contributed by atoms with Gasteiger partial charge in [-0.1, -0.05) is 224 Å². The molecular formula is C97H60N4O2. The molecule has 0 saturated carbocycles. The van der Waals surface area contributed by atoms with E-state index in [1.807, 2.05) is 18.3 Å². The summed E-state index contributed by atoms with van der Waals surface area (Å²) >= 11 is 0. The van der Waals surface area contributed by atoms with Crippen molar-refractivity contribution in [2.45, 2.75) is 6.04 Å². The summed E-state index contributed by atoms with van der Waals surface area (Å²) in [7, 11) is 0. The zero-order valence-corrected chi connectivity index (χ0v) is 55.8. The number of hydrogen-bond donors (Lipinski definition) is 0. The van der Waals surface area contributed by atoms with E-state index in [4.69, 9.17) is 13.8 Å². The fourth-order valence-corrected chi connectivity index (χ4v) is 17.2. The van der Waals surface area contributed by atoms with Crippen LogP contribution in [0.15, 0.2) is 354 Å². The molecule has 2 aliphatic heterocycles. The Kier molecular flexibility index (Phi) is 12.5. The molecule has 103 heavy (non-hydrogen) atoms. The second kappa shape index (κ2) is 22.5. The highest BCUT2D eigenvalue weighted by molar-refractivity contribution is 6.39. The lowest BCUT2D eigenvalue weighted by molar-refractivity contribution is 0.667. The van der Waals surface area contributed by atoms with Crippen molar-refractivity contribution in [3.05, 3.63) is 357 Å². The summed E-state index contributed by atoms with van der Waals surface area (Å²) in [6.07, 6.45) is 19.9. The molecule has 0 bridgehead atoms. The molecule has 4 aromatic heterocycles. The summed E-state index contributed by atoms with van der Waals surface area (Å²) in [4.78, 5) is 9.53. The maximum absolute atomic E-state index is 7.72. The summed E-state index contributed by atoms with van der Waals surface area (Å²) in [5, 5.41) is 16.1. The maximum atomic E-state index is 7.72. The van der Waals surface area contributed by atoms with Crippen molar-refractivity contribution in [3.8, 4) is 61.5 Å². The first kappa shape index (κ1) is 57.4. The quantitative estimate of drug-likeness (QED) is 0.135. The van der Waals surface area contributed by atoms with Crippen LogP contribution < -0.4 is 9.80 Å². The summed E-state index contributed by atoms with van der Waals surface area (Å²) in [5.41, 5.74) is 25.5. The molecule has 3 aliphatic rings. The molecule has 1 atom stereocenters. The van der Waals surface area contributed by atoms with Crippen LogP contribution in [-0.2, 0) is 0 Å². The molecule has 0 saturated heterocycles. The van der Waals surface area contributed by atoms with E-state index < -0.39 is 0 Å². The van der Waals surface area contributed by atoms with Gasteiger partial charge in [-0.25, -0.2) is 0 Å². The largest absolute Gasteiger partial charge is 0.454 e. The number of fused-ring (bicyclic) bond motifs is 9. The van der Waals surface area contributed by atoms with Crippen LogP contribution in [-0.4, -0.2) is 22.1 Å². The minimum Gasteiger partial charge on any atom is -0.454 e. The number of allylic oxidation sites excluding steroid dienone is 4. The van der Waals surface area contributed by atoms with Gasteiger partial charge in [0.1, 0.15) is 11.2 Å². The number of furan rings is 2. The van der Waals surface area contributed by atoms with Crippen LogP contribution in [0.3, 0.4) is 0 Å². The molecule has 480 valence electrons. The molecule has 0 fully saturated rings. The van der Waals surface area contributed by atoms with Gasteiger partial charge < -0.3 is 23.2 Å². The zero-order chi connectivity index (χ0) is 67.4. The van der Waals surface area contributed by atoms with Crippen LogP contribution in [0.2, 0.25) is 0 Å². The highest BCUT2D eigenvalue weighted by Gasteiger charge is 2.34. The first-order valence-electron chi connectivity index (χ1n) is 35.4. The summed E-state index contributed by atoms with van der Waals surface area (Å²) in [6, 6.07) is 107. The Labute approximate surface area is 592 Å². The predicted molar refractivity (Wildman–Crippen MR) is 431 cm³/mol. The molecule has 15 aromatic carbocycles. The third-order valence-electron chi connectivity index (χ3n) is 22.0. The minimum atomic E-state index is -0.130. The van der Waals surface area contributed by atoms with E-state index in [2.05, 4.69) is 342 Å². The Bertz CT molecular complexity index is 6940. The lowest BCUT2D eigenvalue weighted by Crippen LogP contribution is -2.34. The van der Waals surface area contributed by atoms with E-state index >= 15 is 0 Å². The van der Waals surface area contributed by atoms with Gasteiger partial charge in [0, 0.05) is 73.8 Å². The molecular weight excluding hydrogens is 1250 g/mol. The molecule has 0 spiro atoms. The summed E-state index contributed by atoms with van der Waals surface area (Å²) in [5.74, 6) is 0. The van der Waals surface area contributed by atoms with Crippen LogP contribution in [0.25, 0.3) is 182 Å². The van der Waals surface area contributed by atoms with E-state index in [0.717, 1.165) is 144 Å². The van der Waals surface area contributed by atoms with Crippen molar-refractivity contribution >= 4 is 137 Å². The number of aromatic nitrogens is 2. The third-order valence-corrected chi connectivity index (χ3v) is 22.0. The molecule has 1 unspecified atom stereocenters. The normalized spacial score (nSPS) is 14.4. The number of anilines is 3. The molecule has 0 radical (unpaired) electrons. The van der Waals surface area contributed by atoms with Crippen LogP contribution in [0.5, 0.6) is 0 Å². The Morgan fingerprint density at radius 3 is 1.83 bits per heavy atom. The number of benzene rings is 14. The first-order chi connectivity index (χ1) is 51.0. The van der Waals surface area contributed by atoms with E-state index in [1.54, 1.807) is 0 Å². The smallest absolute Gasteiger partial charge is 0.159 e. The molecule has 6 heterocycles. The van der Waals surface area contributed by atoms with Gasteiger partial charge in [-0.3, -0.25) is 4.98 Å². The molecule has 6 nitrogen and oxygen atoms in total. The number of para-hydroxylation sites is 3. The average molecular weight is 1310 g/mol. The van der Waals surface area contributed by atoms with Crippen molar-refractivity contribution < 1.29 is 8.83 Å². The maximum Gasteiger partial charge on any atom is 0.159 e. The predicted octanol–water partition coefficient (Wildman–Crippen LogP) is 25.8. The second-order valence-electron chi connectivity index (χ2n) is 27.6. The lowest BCUT2D eigenvalue weighted by atomic mass is 9.86. The van der Waals surface area contributed by atoms with Gasteiger partial charge in [-0.05, 0) is 214 Å². The van der Waals surface area contributed by atoms with E-state index in [1.165, 1.54) is 65.6 Å². The highest BCUT2D eigenvalue weighted by atomic mass is 16.3. The number of nitrogens with zero attached hydrogens (tertiary/aromatic N) is 4. The summed E-state index contributed by atoms with van der Waals surface area (Å²) < 4.78 is 17.8. The van der Waals surface area contributed by atoms with Gasteiger partial charge in [0.05, 0.1) is 34.1 Å². The molecule has 0 amide bonds. The number of hydrogen-bond acceptors (Lipinski definition) is 5. The Hall–Kier alpha value is -13.6. The Balaban J connectivity index is 0.735. The molecule has 1 aliphatic carbocycles. The average Bonchev–Trinajstić information content (AvgIpc) is 1.56. The molecule has 0 N–H and O–H groups in total. The van der Waals surface area contributed by atoms with Crippen LogP contribution in [0, 0.1) is 0 Å². The third kappa shape index (κ3) is 8.91. The number of rotatable bonds is 9. The van der Waals surface area contributed by atoms with Gasteiger partial charge in [-0.15, -0.1) is 0 Å². The van der Waals surface area contributed by atoms with E-state index in [0.29, 0.717) is 6.54 Å². The van der Waals surface area contributed by atoms with Gasteiger partial charge in [0.25, 0.3) is 0 Å². The van der Waals surface area contributed by atoms with Gasteiger partial charge >= 0.3 is 0 Å². The molecule has 22 rings (SSSR count). The topological polar surface area (TPSA) is 50.6 Å². The summed E-state index contributed by atoms with van der Waals surface area (Å²) in [6.45, 7) is 0.710. The van der Waals surface area contributed by atoms with Gasteiger partial charge in [-0.2, -0.15) is 0 Å². The Morgan fingerprint density at radius 2 is 1.01 bits per heavy atom. The van der Waals surface area contributed by atoms with Crippen molar-refractivity contribution in [1.29, 1.82) is 0 Å². The SMILES string of the molecule is C1=CCN(c2ccc3c4ccc(N5c6ccccc6C=C6C=C(c7ccc8cc9ccccc9cc8c7)C=CC65)c5oc6cc(-c7ccc(-c8ccccn8)cc7)cc(c7ccc(-c8ccc(-c9ccccc9-c9ccc%10c%11ccccc%11n(-c%11ccccc%11)c%10c9)cc8)c8oc2c3c87)c6c54)C=C1. The first-order valence-corrected chi connectivity index (χ1v) is 35.4.